The number of rotatable bonds is 10. The summed E-state index contributed by atoms with van der Waals surface area (Å²) in [4.78, 5) is 0. The molecule has 0 aromatic rings. The maximum Gasteiger partial charge on any atom is 0.0478 e. The molecule has 0 radical (unpaired) electrons. The van der Waals surface area contributed by atoms with Crippen LogP contribution in [-0.2, 0) is 25.8 Å². The molecule has 0 aliphatic heterocycles. The first-order valence-corrected chi connectivity index (χ1v) is 5.61. The zero-order chi connectivity index (χ0) is 10.6. The van der Waals surface area contributed by atoms with E-state index in [1.54, 1.807) is 0 Å². The minimum atomic E-state index is 0. The standard InChI is InChI=1S/C11H25N2O.W/c1-11(2)10-13-7-5-9-14-8-4-6-12-3;/h11,13H,4-10H2,1-3H3;/q-1;. The van der Waals surface area contributed by atoms with Crippen LogP contribution in [0.25, 0.3) is 5.32 Å². The van der Waals surface area contributed by atoms with Crippen LogP contribution in [0.3, 0.4) is 0 Å². The summed E-state index contributed by atoms with van der Waals surface area (Å²) in [5.41, 5.74) is 0. The fraction of sp³-hybridized carbons (Fsp3) is 1.00. The Morgan fingerprint density at radius 3 is 2.47 bits per heavy atom. The molecule has 0 amide bonds. The maximum absolute atomic E-state index is 5.44. The third kappa shape index (κ3) is 17.2. The molecule has 92 valence electrons. The summed E-state index contributed by atoms with van der Waals surface area (Å²) < 4.78 is 5.44. The molecule has 0 unspecified atom stereocenters. The molecule has 0 rings (SSSR count). The van der Waals surface area contributed by atoms with E-state index < -0.39 is 0 Å². The van der Waals surface area contributed by atoms with Crippen molar-refractivity contribution in [2.24, 2.45) is 5.92 Å². The number of ether oxygens (including phenoxy) is 1. The van der Waals surface area contributed by atoms with Gasteiger partial charge in [-0.1, -0.05) is 13.8 Å². The molecule has 15 heavy (non-hydrogen) atoms. The predicted molar refractivity (Wildman–Crippen MR) is 61.9 cm³/mol. The summed E-state index contributed by atoms with van der Waals surface area (Å²) in [5, 5.41) is 7.40. The fourth-order valence-electron chi connectivity index (χ4n) is 1.12. The molecule has 0 bridgehead atoms. The van der Waals surface area contributed by atoms with Gasteiger partial charge in [-0.25, -0.2) is 0 Å². The van der Waals surface area contributed by atoms with E-state index in [9.17, 15) is 0 Å². The van der Waals surface area contributed by atoms with Gasteiger partial charge in [-0.3, -0.25) is 0 Å². The van der Waals surface area contributed by atoms with Gasteiger partial charge >= 0.3 is 0 Å². The van der Waals surface area contributed by atoms with E-state index in [-0.39, 0.29) is 21.1 Å². The van der Waals surface area contributed by atoms with Crippen molar-refractivity contribution < 1.29 is 25.8 Å². The van der Waals surface area contributed by atoms with Gasteiger partial charge in [0, 0.05) is 34.3 Å². The van der Waals surface area contributed by atoms with Gasteiger partial charge in [-0.2, -0.15) is 7.05 Å². The topological polar surface area (TPSA) is 35.4 Å². The number of hydrogen-bond acceptors (Lipinski definition) is 2. The van der Waals surface area contributed by atoms with Crippen molar-refractivity contribution in [3.8, 4) is 0 Å². The normalized spacial score (nSPS) is 10.4. The Morgan fingerprint density at radius 1 is 1.20 bits per heavy atom. The maximum atomic E-state index is 5.44. The summed E-state index contributed by atoms with van der Waals surface area (Å²) >= 11 is 0. The molecule has 0 aromatic heterocycles. The Labute approximate surface area is 109 Å². The van der Waals surface area contributed by atoms with Crippen LogP contribution in [0.1, 0.15) is 26.7 Å². The molecular weight excluding hydrogens is 360 g/mol. The van der Waals surface area contributed by atoms with Crippen molar-refractivity contribution in [1.82, 2.24) is 5.32 Å². The van der Waals surface area contributed by atoms with E-state index in [0.717, 1.165) is 51.6 Å². The quantitative estimate of drug-likeness (QED) is 0.585. The Morgan fingerprint density at radius 2 is 1.87 bits per heavy atom. The number of hydrogen-bond donors (Lipinski definition) is 1. The Hall–Kier alpha value is 0.568. The van der Waals surface area contributed by atoms with Crippen LogP contribution in [0.4, 0.5) is 0 Å². The second-order valence-corrected chi connectivity index (χ2v) is 3.96. The van der Waals surface area contributed by atoms with Crippen molar-refractivity contribution >= 4 is 0 Å². The zero-order valence-corrected chi connectivity index (χ0v) is 13.2. The van der Waals surface area contributed by atoms with Gasteiger partial charge in [0.25, 0.3) is 0 Å². The second kappa shape index (κ2) is 14.6. The molecule has 0 aliphatic rings. The van der Waals surface area contributed by atoms with Crippen LogP contribution >= 0.6 is 0 Å². The molecule has 0 heterocycles. The molecule has 4 heteroatoms. The first kappa shape index (κ1) is 17.9. The Bertz CT molecular complexity index is 113. The second-order valence-electron chi connectivity index (χ2n) is 3.96. The molecule has 0 spiro atoms. The van der Waals surface area contributed by atoms with E-state index in [2.05, 4.69) is 24.5 Å². The predicted octanol–water partition coefficient (Wildman–Crippen LogP) is 2.03. The minimum Gasteiger partial charge on any atom is -0.665 e. The van der Waals surface area contributed by atoms with Crippen molar-refractivity contribution in [2.75, 3.05) is 39.9 Å². The monoisotopic (exact) mass is 385 g/mol. The van der Waals surface area contributed by atoms with Crippen molar-refractivity contribution in [1.29, 1.82) is 0 Å². The van der Waals surface area contributed by atoms with Gasteiger partial charge in [-0.15, -0.1) is 6.54 Å². The summed E-state index contributed by atoms with van der Waals surface area (Å²) in [6.07, 6.45) is 2.16. The van der Waals surface area contributed by atoms with Crippen LogP contribution in [-0.4, -0.2) is 39.9 Å². The van der Waals surface area contributed by atoms with E-state index in [0.29, 0.717) is 0 Å². The summed E-state index contributed by atoms with van der Waals surface area (Å²) in [6.45, 7) is 9.25. The van der Waals surface area contributed by atoms with Crippen molar-refractivity contribution in [3.63, 3.8) is 0 Å². The molecule has 1 N–H and O–H groups in total. The zero-order valence-electron chi connectivity index (χ0n) is 10.3. The Balaban J connectivity index is 0. The third-order valence-corrected chi connectivity index (χ3v) is 1.87. The molecular formula is C11H25N2OW-. The van der Waals surface area contributed by atoms with Crippen molar-refractivity contribution in [3.05, 3.63) is 5.32 Å². The SMILES string of the molecule is C[N-]CCCOCCCNCC(C)C.[W]. The van der Waals surface area contributed by atoms with Gasteiger partial charge in [-0.05, 0) is 31.8 Å². The van der Waals surface area contributed by atoms with Crippen LogP contribution in [0.15, 0.2) is 0 Å². The number of nitrogens with one attached hydrogen (secondary N) is 1. The third-order valence-electron chi connectivity index (χ3n) is 1.87. The summed E-state index contributed by atoms with van der Waals surface area (Å²) in [5.74, 6) is 0.738. The molecule has 0 saturated carbocycles. The minimum absolute atomic E-state index is 0. The molecule has 0 aliphatic carbocycles. The molecule has 0 fully saturated rings. The smallest absolute Gasteiger partial charge is 0.0478 e. The first-order valence-electron chi connectivity index (χ1n) is 5.61. The van der Waals surface area contributed by atoms with E-state index in [1.807, 2.05) is 7.05 Å². The molecule has 0 atom stereocenters. The summed E-state index contributed by atoms with van der Waals surface area (Å²) in [7, 11) is 1.84. The van der Waals surface area contributed by atoms with Crippen LogP contribution in [0, 0.1) is 5.92 Å². The number of nitrogens with zero attached hydrogens (tertiary/aromatic N) is 1. The van der Waals surface area contributed by atoms with Crippen LogP contribution < -0.4 is 5.32 Å². The van der Waals surface area contributed by atoms with Crippen LogP contribution in [0.2, 0.25) is 0 Å². The van der Waals surface area contributed by atoms with E-state index in [1.165, 1.54) is 0 Å². The van der Waals surface area contributed by atoms with E-state index in [4.69, 9.17) is 4.74 Å². The van der Waals surface area contributed by atoms with Crippen LogP contribution in [0.5, 0.6) is 0 Å². The van der Waals surface area contributed by atoms with Gasteiger partial charge < -0.3 is 15.4 Å². The van der Waals surface area contributed by atoms with Gasteiger partial charge in [0.15, 0.2) is 0 Å². The summed E-state index contributed by atoms with van der Waals surface area (Å²) in [6, 6.07) is 0. The van der Waals surface area contributed by atoms with Gasteiger partial charge in [0.1, 0.15) is 0 Å². The first-order chi connectivity index (χ1) is 6.77. The van der Waals surface area contributed by atoms with Gasteiger partial charge in [0.2, 0.25) is 0 Å². The average Bonchev–Trinajstić information content (AvgIpc) is 2.15. The van der Waals surface area contributed by atoms with Crippen molar-refractivity contribution in [2.45, 2.75) is 26.7 Å². The molecule has 0 saturated heterocycles. The molecule has 3 nitrogen and oxygen atoms in total. The van der Waals surface area contributed by atoms with E-state index >= 15 is 0 Å². The fourth-order valence-corrected chi connectivity index (χ4v) is 1.12. The Kier molecular flexibility index (Phi) is 17.4. The molecule has 0 aromatic carbocycles. The largest absolute Gasteiger partial charge is 0.665 e. The van der Waals surface area contributed by atoms with Gasteiger partial charge in [0.05, 0.1) is 0 Å². The average molecular weight is 385 g/mol.